The van der Waals surface area contributed by atoms with Crippen LogP contribution < -0.4 is 5.32 Å². The molecule has 1 unspecified atom stereocenters. The molecule has 0 fully saturated rings. The molecule has 1 aliphatic heterocycles. The molecule has 1 N–H and O–H groups in total. The molecule has 17 heavy (non-hydrogen) atoms. The second kappa shape index (κ2) is 4.31. The minimum atomic E-state index is -3.63. The lowest BCUT2D eigenvalue weighted by atomic mass is 10.1. The number of fused-ring (bicyclic) bond motifs is 1. The van der Waals surface area contributed by atoms with Crippen LogP contribution in [0.25, 0.3) is 0 Å². The summed E-state index contributed by atoms with van der Waals surface area (Å²) in [5, 5.41) is 3.43. The van der Waals surface area contributed by atoms with Gasteiger partial charge in [-0.05, 0) is 24.6 Å². The molecule has 0 bridgehead atoms. The van der Waals surface area contributed by atoms with E-state index in [1.54, 1.807) is 12.1 Å². The van der Waals surface area contributed by atoms with E-state index in [4.69, 9.17) is 11.6 Å². The second-order valence-electron chi connectivity index (χ2n) is 4.03. The van der Waals surface area contributed by atoms with E-state index < -0.39 is 10.0 Å². The summed E-state index contributed by atoms with van der Waals surface area (Å²) in [5.41, 5.74) is 0.541. The van der Waals surface area contributed by atoms with Crippen molar-refractivity contribution >= 4 is 33.1 Å². The first-order valence-electron chi connectivity index (χ1n) is 5.35. The summed E-state index contributed by atoms with van der Waals surface area (Å²) >= 11 is 5.79. The van der Waals surface area contributed by atoms with Crippen molar-refractivity contribution < 1.29 is 8.42 Å². The number of amidine groups is 1. The van der Waals surface area contributed by atoms with Crippen LogP contribution in [0.1, 0.15) is 20.3 Å². The Labute approximate surface area is 106 Å². The zero-order valence-electron chi connectivity index (χ0n) is 9.57. The van der Waals surface area contributed by atoms with Gasteiger partial charge in [0.1, 0.15) is 10.7 Å². The third-order valence-electron chi connectivity index (χ3n) is 2.78. The van der Waals surface area contributed by atoms with Gasteiger partial charge in [0.2, 0.25) is 0 Å². The Morgan fingerprint density at radius 1 is 1.47 bits per heavy atom. The number of halogens is 1. The van der Waals surface area contributed by atoms with E-state index in [2.05, 4.69) is 9.71 Å². The van der Waals surface area contributed by atoms with Crippen LogP contribution in [-0.4, -0.2) is 14.3 Å². The minimum Gasteiger partial charge on any atom is -0.342 e. The number of benzene rings is 1. The fourth-order valence-corrected chi connectivity index (χ4v) is 3.05. The van der Waals surface area contributed by atoms with Crippen molar-refractivity contribution in [1.82, 2.24) is 0 Å². The molecule has 1 heterocycles. The van der Waals surface area contributed by atoms with Crippen LogP contribution in [0.2, 0.25) is 5.02 Å². The topological polar surface area (TPSA) is 58.5 Å². The van der Waals surface area contributed by atoms with Crippen molar-refractivity contribution in [2.45, 2.75) is 25.2 Å². The van der Waals surface area contributed by atoms with Crippen molar-refractivity contribution in [3.8, 4) is 0 Å². The minimum absolute atomic E-state index is 0.0774. The molecule has 92 valence electrons. The van der Waals surface area contributed by atoms with E-state index in [1.165, 1.54) is 6.07 Å². The number of nitrogens with zero attached hydrogens (tertiary/aromatic N) is 1. The normalized spacial score (nSPS) is 18.9. The summed E-state index contributed by atoms with van der Waals surface area (Å²) in [5.74, 6) is 0.566. The highest BCUT2D eigenvalue weighted by Crippen LogP contribution is 2.31. The van der Waals surface area contributed by atoms with Crippen molar-refractivity contribution in [2.24, 2.45) is 10.3 Å². The predicted molar refractivity (Wildman–Crippen MR) is 69.2 cm³/mol. The van der Waals surface area contributed by atoms with Crippen LogP contribution in [0.15, 0.2) is 27.5 Å². The van der Waals surface area contributed by atoms with E-state index in [-0.39, 0.29) is 10.8 Å². The largest absolute Gasteiger partial charge is 0.342 e. The number of anilines is 1. The Morgan fingerprint density at radius 3 is 2.82 bits per heavy atom. The molecule has 1 atom stereocenters. The number of rotatable bonds is 2. The zero-order chi connectivity index (χ0) is 12.6. The standard InChI is InChI=1S/C11H13ClN2O2S/c1-3-7(2)11-13-9-5-4-8(12)6-10(9)17(15,16)14-11/h4-7H,3H2,1-2H3,(H,13,14). The third kappa shape index (κ3) is 2.30. The van der Waals surface area contributed by atoms with Gasteiger partial charge in [-0.2, -0.15) is 8.42 Å². The lowest BCUT2D eigenvalue weighted by Crippen LogP contribution is -2.26. The summed E-state index contributed by atoms with van der Waals surface area (Å²) < 4.78 is 27.7. The van der Waals surface area contributed by atoms with Crippen molar-refractivity contribution in [1.29, 1.82) is 0 Å². The van der Waals surface area contributed by atoms with Crippen molar-refractivity contribution in [3.63, 3.8) is 0 Å². The Balaban J connectivity index is 2.54. The molecular weight excluding hydrogens is 260 g/mol. The van der Waals surface area contributed by atoms with Gasteiger partial charge in [0.15, 0.2) is 0 Å². The number of hydrogen-bond acceptors (Lipinski definition) is 3. The maximum atomic E-state index is 12.0. The van der Waals surface area contributed by atoms with Crippen molar-refractivity contribution in [3.05, 3.63) is 23.2 Å². The van der Waals surface area contributed by atoms with E-state index in [9.17, 15) is 8.42 Å². The van der Waals surface area contributed by atoms with Gasteiger partial charge in [0.05, 0.1) is 5.69 Å². The van der Waals surface area contributed by atoms with E-state index in [1.807, 2.05) is 13.8 Å². The Bertz CT molecular complexity index is 581. The molecule has 0 radical (unpaired) electrons. The summed E-state index contributed by atoms with van der Waals surface area (Å²) in [6.07, 6.45) is 0.824. The summed E-state index contributed by atoms with van der Waals surface area (Å²) in [4.78, 5) is 0.136. The van der Waals surface area contributed by atoms with Crippen molar-refractivity contribution in [2.75, 3.05) is 5.32 Å². The van der Waals surface area contributed by atoms with E-state index in [0.717, 1.165) is 6.42 Å². The second-order valence-corrected chi connectivity index (χ2v) is 6.04. The third-order valence-corrected chi connectivity index (χ3v) is 4.35. The highest BCUT2D eigenvalue weighted by atomic mass is 35.5. The fourth-order valence-electron chi connectivity index (χ4n) is 1.56. The molecule has 0 saturated heterocycles. The fraction of sp³-hybridized carbons (Fsp3) is 0.364. The predicted octanol–water partition coefficient (Wildman–Crippen LogP) is 2.90. The zero-order valence-corrected chi connectivity index (χ0v) is 11.1. The number of hydrogen-bond donors (Lipinski definition) is 1. The van der Waals surface area contributed by atoms with Gasteiger partial charge >= 0.3 is 0 Å². The molecule has 0 saturated carbocycles. The van der Waals surface area contributed by atoms with Crippen LogP contribution in [0.5, 0.6) is 0 Å². The molecule has 0 aromatic heterocycles. The van der Waals surface area contributed by atoms with Crippen LogP contribution in [0, 0.1) is 5.92 Å². The van der Waals surface area contributed by atoms with Gasteiger partial charge in [-0.25, -0.2) is 0 Å². The maximum absolute atomic E-state index is 12.0. The van der Waals surface area contributed by atoms with E-state index in [0.29, 0.717) is 16.5 Å². The molecule has 1 aliphatic rings. The van der Waals surface area contributed by atoms with Gasteiger partial charge in [0.25, 0.3) is 10.0 Å². The molecule has 1 aromatic carbocycles. The van der Waals surface area contributed by atoms with E-state index >= 15 is 0 Å². The highest BCUT2D eigenvalue weighted by molar-refractivity contribution is 7.90. The van der Waals surface area contributed by atoms with Gasteiger partial charge in [-0.15, -0.1) is 4.40 Å². The molecule has 6 heteroatoms. The van der Waals surface area contributed by atoms with Crippen LogP contribution >= 0.6 is 11.6 Å². The first-order valence-corrected chi connectivity index (χ1v) is 7.17. The van der Waals surface area contributed by atoms with Gasteiger partial charge < -0.3 is 5.32 Å². The monoisotopic (exact) mass is 272 g/mol. The molecular formula is C11H13ClN2O2S. The van der Waals surface area contributed by atoms with Crippen LogP contribution in [0.3, 0.4) is 0 Å². The van der Waals surface area contributed by atoms with Gasteiger partial charge in [-0.1, -0.05) is 25.4 Å². The maximum Gasteiger partial charge on any atom is 0.286 e. The number of nitrogens with one attached hydrogen (secondary N) is 1. The lowest BCUT2D eigenvalue weighted by molar-refractivity contribution is 0.596. The molecule has 4 nitrogen and oxygen atoms in total. The first-order chi connectivity index (χ1) is 7.94. The average Bonchev–Trinajstić information content (AvgIpc) is 2.28. The molecule has 0 spiro atoms. The van der Waals surface area contributed by atoms with Crippen LogP contribution in [-0.2, 0) is 10.0 Å². The molecule has 0 aliphatic carbocycles. The molecule has 2 rings (SSSR count). The summed E-state index contributed by atoms with van der Waals surface area (Å²) in [6, 6.07) is 4.73. The first kappa shape index (κ1) is 12.4. The summed E-state index contributed by atoms with van der Waals surface area (Å²) in [6.45, 7) is 3.92. The van der Waals surface area contributed by atoms with Gasteiger partial charge in [-0.3, -0.25) is 0 Å². The Hall–Kier alpha value is -1.07. The lowest BCUT2D eigenvalue weighted by Gasteiger charge is -2.21. The highest BCUT2D eigenvalue weighted by Gasteiger charge is 2.26. The molecule has 1 aromatic rings. The average molecular weight is 273 g/mol. The Kier molecular flexibility index (Phi) is 3.14. The van der Waals surface area contributed by atoms with Crippen LogP contribution in [0.4, 0.5) is 5.69 Å². The smallest absolute Gasteiger partial charge is 0.286 e. The summed E-state index contributed by atoms with van der Waals surface area (Å²) in [7, 11) is -3.63. The number of sulfonamides is 1. The quantitative estimate of drug-likeness (QED) is 0.901. The van der Waals surface area contributed by atoms with Gasteiger partial charge in [0, 0.05) is 10.9 Å². The Morgan fingerprint density at radius 2 is 2.18 bits per heavy atom. The SMILES string of the molecule is CCC(C)C1=NS(=O)(=O)c2cc(Cl)ccc2N1. The molecule has 0 amide bonds.